The third-order valence-corrected chi connectivity index (χ3v) is 12.6. The number of fused-ring (bicyclic) bond motifs is 11. The highest BCUT2D eigenvalue weighted by atomic mass is 14.8. The summed E-state index contributed by atoms with van der Waals surface area (Å²) < 4.78 is 0. The van der Waals surface area contributed by atoms with Crippen molar-refractivity contribution >= 4 is 86.7 Å². The quantitative estimate of drug-likeness (QED) is 0.167. The van der Waals surface area contributed by atoms with Crippen molar-refractivity contribution in [2.45, 2.75) is 0 Å². The highest BCUT2D eigenvalue weighted by molar-refractivity contribution is 6.18. The maximum Gasteiger partial charge on any atom is 0.0979 e. The van der Waals surface area contributed by atoms with Crippen molar-refractivity contribution < 1.29 is 0 Å². The molecule has 0 N–H and O–H groups in total. The minimum atomic E-state index is 0.816. The molecule has 0 saturated heterocycles. The summed E-state index contributed by atoms with van der Waals surface area (Å²) in [6.07, 6.45) is 0. The van der Waals surface area contributed by atoms with Gasteiger partial charge in [-0.1, -0.05) is 158 Å². The largest absolute Gasteiger partial charge is 0.248 e. The van der Waals surface area contributed by atoms with Crippen LogP contribution in [-0.4, -0.2) is 19.9 Å². The average molecular weight is 787 g/mol. The molecule has 0 saturated carbocycles. The lowest BCUT2D eigenvalue weighted by atomic mass is 9.92. The molecule has 0 bridgehead atoms. The number of para-hydroxylation sites is 2. The Morgan fingerprint density at radius 3 is 1.02 bits per heavy atom. The topological polar surface area (TPSA) is 51.6 Å². The van der Waals surface area contributed by atoms with E-state index in [4.69, 9.17) is 19.9 Å². The lowest BCUT2D eigenvalue weighted by Crippen LogP contribution is -1.98. The van der Waals surface area contributed by atoms with Crippen LogP contribution in [-0.2, 0) is 0 Å². The fraction of sp³-hybridized carbons (Fsp3) is 0. The van der Waals surface area contributed by atoms with E-state index in [1.807, 2.05) is 12.1 Å². The van der Waals surface area contributed by atoms with E-state index in [1.54, 1.807) is 0 Å². The van der Waals surface area contributed by atoms with E-state index in [0.717, 1.165) is 99.4 Å². The Labute approximate surface area is 356 Å². The van der Waals surface area contributed by atoms with Crippen LogP contribution in [0.15, 0.2) is 206 Å². The molecule has 13 aromatic rings. The Hall–Kier alpha value is -8.34. The number of hydrogen-bond donors (Lipinski definition) is 0. The Bertz CT molecular complexity index is 3740. The van der Waals surface area contributed by atoms with Crippen molar-refractivity contribution in [3.8, 4) is 45.0 Å². The first-order valence-electron chi connectivity index (χ1n) is 21.0. The lowest BCUT2D eigenvalue weighted by molar-refractivity contribution is 1.35. The molecule has 0 spiro atoms. The van der Waals surface area contributed by atoms with Gasteiger partial charge in [-0.3, -0.25) is 0 Å². The average Bonchev–Trinajstić information content (AvgIpc) is 3.34. The molecule has 4 aromatic heterocycles. The molecule has 0 aliphatic carbocycles. The van der Waals surface area contributed by atoms with Gasteiger partial charge in [0.15, 0.2) is 0 Å². The Balaban J connectivity index is 1.18. The van der Waals surface area contributed by atoms with Gasteiger partial charge in [0.25, 0.3) is 0 Å². The van der Waals surface area contributed by atoms with Crippen LogP contribution < -0.4 is 0 Å². The van der Waals surface area contributed by atoms with Crippen LogP contribution in [0.4, 0.5) is 0 Å². The summed E-state index contributed by atoms with van der Waals surface area (Å²) in [7, 11) is 0. The van der Waals surface area contributed by atoms with Crippen molar-refractivity contribution in [2.24, 2.45) is 0 Å². The summed E-state index contributed by atoms with van der Waals surface area (Å²) in [4.78, 5) is 22.0. The molecule has 62 heavy (non-hydrogen) atoms. The predicted molar refractivity (Wildman–Crippen MR) is 259 cm³/mol. The Kier molecular flexibility index (Phi) is 7.57. The molecular formula is C58H34N4. The molecule has 4 heteroatoms. The fourth-order valence-corrected chi connectivity index (χ4v) is 9.64. The minimum absolute atomic E-state index is 0.816. The summed E-state index contributed by atoms with van der Waals surface area (Å²) in [6.45, 7) is 0. The van der Waals surface area contributed by atoms with Gasteiger partial charge in [-0.15, -0.1) is 0 Å². The van der Waals surface area contributed by atoms with Crippen molar-refractivity contribution in [3.05, 3.63) is 206 Å². The first kappa shape index (κ1) is 34.5. The Morgan fingerprint density at radius 1 is 0.210 bits per heavy atom. The van der Waals surface area contributed by atoms with Crippen molar-refractivity contribution in [3.63, 3.8) is 0 Å². The van der Waals surface area contributed by atoms with Crippen LogP contribution in [0.1, 0.15) is 0 Å². The van der Waals surface area contributed by atoms with Crippen molar-refractivity contribution in [1.82, 2.24) is 19.9 Å². The van der Waals surface area contributed by atoms with E-state index in [1.165, 1.54) is 32.3 Å². The number of benzene rings is 9. The molecular weight excluding hydrogens is 753 g/mol. The van der Waals surface area contributed by atoms with Gasteiger partial charge >= 0.3 is 0 Å². The van der Waals surface area contributed by atoms with E-state index < -0.39 is 0 Å². The summed E-state index contributed by atoms with van der Waals surface area (Å²) in [5, 5.41) is 13.6. The van der Waals surface area contributed by atoms with Crippen LogP contribution in [0.5, 0.6) is 0 Å². The summed E-state index contributed by atoms with van der Waals surface area (Å²) >= 11 is 0. The molecule has 4 nitrogen and oxygen atoms in total. The van der Waals surface area contributed by atoms with Crippen molar-refractivity contribution in [1.29, 1.82) is 0 Å². The Morgan fingerprint density at radius 2 is 0.565 bits per heavy atom. The van der Waals surface area contributed by atoms with Gasteiger partial charge in [0.2, 0.25) is 0 Å². The van der Waals surface area contributed by atoms with E-state index in [-0.39, 0.29) is 0 Å². The lowest BCUT2D eigenvalue weighted by Gasteiger charge is -2.17. The van der Waals surface area contributed by atoms with E-state index in [2.05, 4.69) is 194 Å². The molecule has 0 unspecified atom stereocenters. The molecule has 286 valence electrons. The predicted octanol–water partition coefficient (Wildman–Crippen LogP) is 15.2. The standard InChI is InChI=1S/C58H34N4/c1-5-17-39-37(15-1)31-47(43-21-9-7-19-41(39)43)55-33-49(53-29-25-35-13-3-11-23-51(35)59-53)45-27-28-46-50(54-30-26-36-14-4-12-24-52(36)60-54)34-56(62-58(46)57(45)61-55)48-32-38-16-2-6-18-40(38)42-20-8-10-22-44(42)48/h1-34H. The zero-order chi connectivity index (χ0) is 40.7. The maximum absolute atomic E-state index is 5.70. The second kappa shape index (κ2) is 13.6. The second-order valence-electron chi connectivity index (χ2n) is 16.1. The summed E-state index contributed by atoms with van der Waals surface area (Å²) in [5.41, 5.74) is 11.2. The van der Waals surface area contributed by atoms with Gasteiger partial charge in [0.05, 0.1) is 44.8 Å². The van der Waals surface area contributed by atoms with Crippen LogP contribution in [0.2, 0.25) is 0 Å². The molecule has 0 amide bonds. The number of hydrogen-bond acceptors (Lipinski definition) is 4. The number of aromatic nitrogens is 4. The summed E-state index contributed by atoms with van der Waals surface area (Å²) in [6, 6.07) is 73.2. The number of nitrogens with zero attached hydrogens (tertiary/aromatic N) is 4. The van der Waals surface area contributed by atoms with Gasteiger partial charge in [-0.25, -0.2) is 19.9 Å². The molecule has 0 radical (unpaired) electrons. The highest BCUT2D eigenvalue weighted by Gasteiger charge is 2.21. The van der Waals surface area contributed by atoms with Crippen LogP contribution in [0.3, 0.4) is 0 Å². The normalized spacial score (nSPS) is 11.9. The molecule has 0 fully saturated rings. The van der Waals surface area contributed by atoms with Gasteiger partial charge in [0, 0.05) is 43.8 Å². The van der Waals surface area contributed by atoms with Crippen LogP contribution in [0, 0.1) is 0 Å². The molecule has 9 aromatic carbocycles. The maximum atomic E-state index is 5.70. The minimum Gasteiger partial charge on any atom is -0.248 e. The molecule has 0 aliphatic rings. The molecule has 0 atom stereocenters. The van der Waals surface area contributed by atoms with E-state index in [0.29, 0.717) is 0 Å². The summed E-state index contributed by atoms with van der Waals surface area (Å²) in [5.74, 6) is 0. The first-order valence-corrected chi connectivity index (χ1v) is 21.0. The monoisotopic (exact) mass is 786 g/mol. The SMILES string of the molecule is c1ccc2nc(-c3cc(-c4cc5ccccc5c5ccccc45)nc4c3ccc3c(-c5ccc6ccccc6n5)cc(-c5cc6ccccc6c6ccccc56)nc34)ccc2c1. The first-order chi connectivity index (χ1) is 30.7. The van der Waals surface area contributed by atoms with Crippen LogP contribution >= 0.6 is 0 Å². The third kappa shape index (κ3) is 5.40. The smallest absolute Gasteiger partial charge is 0.0979 e. The van der Waals surface area contributed by atoms with Gasteiger partial charge in [-0.05, 0) is 91.6 Å². The van der Waals surface area contributed by atoms with Gasteiger partial charge < -0.3 is 0 Å². The highest BCUT2D eigenvalue weighted by Crippen LogP contribution is 2.43. The third-order valence-electron chi connectivity index (χ3n) is 12.6. The zero-order valence-corrected chi connectivity index (χ0v) is 33.4. The van der Waals surface area contributed by atoms with Crippen LogP contribution in [0.25, 0.3) is 132 Å². The second-order valence-corrected chi connectivity index (χ2v) is 16.1. The van der Waals surface area contributed by atoms with Gasteiger partial charge in [-0.2, -0.15) is 0 Å². The fourth-order valence-electron chi connectivity index (χ4n) is 9.64. The van der Waals surface area contributed by atoms with E-state index >= 15 is 0 Å². The van der Waals surface area contributed by atoms with Gasteiger partial charge in [0.1, 0.15) is 0 Å². The molecule has 4 heterocycles. The van der Waals surface area contributed by atoms with E-state index in [9.17, 15) is 0 Å². The number of rotatable bonds is 4. The molecule has 13 rings (SSSR count). The molecule has 0 aliphatic heterocycles. The van der Waals surface area contributed by atoms with Crippen molar-refractivity contribution in [2.75, 3.05) is 0 Å². The number of pyridine rings is 4. The zero-order valence-electron chi connectivity index (χ0n) is 33.4.